The Morgan fingerprint density at radius 1 is 1.12 bits per heavy atom. The lowest BCUT2D eigenvalue weighted by atomic mass is 9.66. The molecule has 17 heavy (non-hydrogen) atoms. The molecule has 0 spiro atoms. The molecule has 2 nitrogen and oxygen atoms in total. The van der Waals surface area contributed by atoms with E-state index in [9.17, 15) is 0 Å². The van der Waals surface area contributed by atoms with Crippen molar-refractivity contribution in [2.75, 3.05) is 0 Å². The third kappa shape index (κ3) is 2.28. The van der Waals surface area contributed by atoms with Gasteiger partial charge in [-0.3, -0.25) is 0 Å². The van der Waals surface area contributed by atoms with E-state index in [4.69, 9.17) is 10.2 Å². The number of rotatable bonds is 2. The molecular weight excluding hydrogens is 210 g/mol. The van der Waals surface area contributed by atoms with Gasteiger partial charge >= 0.3 is 0 Å². The first-order chi connectivity index (χ1) is 8.34. The van der Waals surface area contributed by atoms with Crippen LogP contribution in [0.15, 0.2) is 22.8 Å². The Labute approximate surface area is 104 Å². The molecule has 4 atom stereocenters. The zero-order valence-electron chi connectivity index (χ0n) is 10.5. The second-order valence-corrected chi connectivity index (χ2v) is 5.92. The Balaban J connectivity index is 1.65. The Hall–Kier alpha value is -0.760. The Morgan fingerprint density at radius 3 is 2.71 bits per heavy atom. The van der Waals surface area contributed by atoms with Gasteiger partial charge in [-0.2, -0.15) is 0 Å². The molecule has 94 valence electrons. The maximum Gasteiger partial charge on any atom is 0.120 e. The lowest BCUT2D eigenvalue weighted by Gasteiger charge is -2.40. The average Bonchev–Trinajstić information content (AvgIpc) is 2.91. The van der Waals surface area contributed by atoms with E-state index in [1.807, 2.05) is 12.1 Å². The summed E-state index contributed by atoms with van der Waals surface area (Å²) < 4.78 is 5.46. The minimum absolute atomic E-state index is 0.118. The molecule has 1 heterocycles. The van der Waals surface area contributed by atoms with Crippen LogP contribution in [0.1, 0.15) is 56.7 Å². The third-order valence-electron chi connectivity index (χ3n) is 4.96. The highest BCUT2D eigenvalue weighted by atomic mass is 16.3. The Bertz CT molecular complexity index is 346. The normalized spacial score (nSPS) is 35.2. The SMILES string of the molecule is NC(c1ccco1)C1CCC2CCCCC2C1. The predicted molar refractivity (Wildman–Crippen MR) is 68.4 cm³/mol. The van der Waals surface area contributed by atoms with Crippen molar-refractivity contribution < 1.29 is 4.42 Å². The van der Waals surface area contributed by atoms with E-state index >= 15 is 0 Å². The predicted octanol–water partition coefficient (Wildman–Crippen LogP) is 3.89. The molecule has 3 rings (SSSR count). The molecule has 0 aliphatic heterocycles. The van der Waals surface area contributed by atoms with E-state index in [1.54, 1.807) is 6.26 Å². The van der Waals surface area contributed by atoms with Crippen molar-refractivity contribution >= 4 is 0 Å². The van der Waals surface area contributed by atoms with Gasteiger partial charge in [-0.1, -0.05) is 25.7 Å². The number of hydrogen-bond donors (Lipinski definition) is 1. The topological polar surface area (TPSA) is 39.2 Å². The lowest BCUT2D eigenvalue weighted by molar-refractivity contribution is 0.113. The van der Waals surface area contributed by atoms with Crippen molar-refractivity contribution in [1.82, 2.24) is 0 Å². The molecule has 0 bridgehead atoms. The third-order valence-corrected chi connectivity index (χ3v) is 4.96. The highest BCUT2D eigenvalue weighted by molar-refractivity contribution is 5.06. The molecule has 2 saturated carbocycles. The van der Waals surface area contributed by atoms with Gasteiger partial charge in [0.15, 0.2) is 0 Å². The minimum Gasteiger partial charge on any atom is -0.468 e. The van der Waals surface area contributed by atoms with Gasteiger partial charge in [0.2, 0.25) is 0 Å². The highest BCUT2D eigenvalue weighted by Gasteiger charge is 2.35. The van der Waals surface area contributed by atoms with Gasteiger partial charge in [-0.15, -0.1) is 0 Å². The summed E-state index contributed by atoms with van der Waals surface area (Å²) in [6, 6.07) is 4.09. The van der Waals surface area contributed by atoms with Crippen LogP contribution in [0.5, 0.6) is 0 Å². The van der Waals surface area contributed by atoms with Crippen molar-refractivity contribution in [3.8, 4) is 0 Å². The van der Waals surface area contributed by atoms with Gasteiger partial charge < -0.3 is 10.2 Å². The summed E-state index contributed by atoms with van der Waals surface area (Å²) >= 11 is 0. The van der Waals surface area contributed by atoms with E-state index in [1.165, 1.54) is 44.9 Å². The van der Waals surface area contributed by atoms with E-state index in [0.717, 1.165) is 17.6 Å². The Morgan fingerprint density at radius 2 is 1.94 bits per heavy atom. The lowest BCUT2D eigenvalue weighted by Crippen LogP contribution is -2.32. The molecule has 1 aromatic heterocycles. The maximum atomic E-state index is 6.34. The van der Waals surface area contributed by atoms with Gasteiger partial charge in [0.25, 0.3) is 0 Å². The number of fused-ring (bicyclic) bond motifs is 1. The van der Waals surface area contributed by atoms with E-state index in [-0.39, 0.29) is 6.04 Å². The molecule has 1 aromatic rings. The Kier molecular flexibility index (Phi) is 3.24. The molecule has 2 N–H and O–H groups in total. The highest BCUT2D eigenvalue weighted by Crippen LogP contribution is 2.45. The molecule has 2 aliphatic carbocycles. The van der Waals surface area contributed by atoms with E-state index < -0.39 is 0 Å². The summed E-state index contributed by atoms with van der Waals surface area (Å²) in [5, 5.41) is 0. The first kappa shape index (κ1) is 11.3. The van der Waals surface area contributed by atoms with Gasteiger partial charge in [0.05, 0.1) is 12.3 Å². The van der Waals surface area contributed by atoms with Gasteiger partial charge in [-0.05, 0) is 49.1 Å². The summed E-state index contributed by atoms with van der Waals surface area (Å²) in [4.78, 5) is 0. The standard InChI is InChI=1S/C15H23NO/c16-15(14-6-3-9-17-14)13-8-7-11-4-1-2-5-12(11)10-13/h3,6,9,11-13,15H,1-2,4-5,7-8,10,16H2. The van der Waals surface area contributed by atoms with Crippen molar-refractivity contribution in [3.05, 3.63) is 24.2 Å². The monoisotopic (exact) mass is 233 g/mol. The first-order valence-electron chi connectivity index (χ1n) is 7.13. The van der Waals surface area contributed by atoms with Crippen LogP contribution in [0, 0.1) is 17.8 Å². The molecular formula is C15H23NO. The smallest absolute Gasteiger partial charge is 0.120 e. The number of hydrogen-bond acceptors (Lipinski definition) is 2. The van der Waals surface area contributed by atoms with Crippen LogP contribution < -0.4 is 5.73 Å². The molecule has 2 heteroatoms. The number of furan rings is 1. The van der Waals surface area contributed by atoms with E-state index in [0.29, 0.717) is 5.92 Å². The minimum atomic E-state index is 0.118. The molecule has 0 aromatic carbocycles. The molecule has 0 saturated heterocycles. The van der Waals surface area contributed by atoms with Crippen LogP contribution in [0.2, 0.25) is 0 Å². The first-order valence-corrected chi connectivity index (χ1v) is 7.13. The largest absolute Gasteiger partial charge is 0.468 e. The summed E-state index contributed by atoms with van der Waals surface area (Å²) in [7, 11) is 0. The van der Waals surface area contributed by atoms with Crippen LogP contribution in [0.3, 0.4) is 0 Å². The van der Waals surface area contributed by atoms with Crippen molar-refractivity contribution in [3.63, 3.8) is 0 Å². The molecule has 2 fully saturated rings. The quantitative estimate of drug-likeness (QED) is 0.841. The molecule has 0 radical (unpaired) electrons. The van der Waals surface area contributed by atoms with Crippen LogP contribution in [0.4, 0.5) is 0 Å². The second kappa shape index (κ2) is 4.85. The van der Waals surface area contributed by atoms with Crippen LogP contribution in [-0.4, -0.2) is 0 Å². The summed E-state index contributed by atoms with van der Waals surface area (Å²) in [5.74, 6) is 3.57. The zero-order chi connectivity index (χ0) is 11.7. The molecule has 0 amide bonds. The fourth-order valence-corrected chi connectivity index (χ4v) is 3.95. The summed E-state index contributed by atoms with van der Waals surface area (Å²) in [6.45, 7) is 0. The molecule has 2 aliphatic rings. The fraction of sp³-hybridized carbons (Fsp3) is 0.733. The fourth-order valence-electron chi connectivity index (χ4n) is 3.95. The van der Waals surface area contributed by atoms with Crippen molar-refractivity contribution in [1.29, 1.82) is 0 Å². The van der Waals surface area contributed by atoms with Gasteiger partial charge in [0.1, 0.15) is 5.76 Å². The zero-order valence-corrected chi connectivity index (χ0v) is 10.5. The van der Waals surface area contributed by atoms with Crippen LogP contribution >= 0.6 is 0 Å². The number of nitrogens with two attached hydrogens (primary N) is 1. The average molecular weight is 233 g/mol. The molecule has 4 unspecified atom stereocenters. The van der Waals surface area contributed by atoms with Crippen LogP contribution in [0.25, 0.3) is 0 Å². The van der Waals surface area contributed by atoms with Gasteiger partial charge in [-0.25, -0.2) is 0 Å². The summed E-state index contributed by atoms with van der Waals surface area (Å²) in [5.41, 5.74) is 6.34. The van der Waals surface area contributed by atoms with Crippen LogP contribution in [-0.2, 0) is 0 Å². The van der Waals surface area contributed by atoms with Crippen molar-refractivity contribution in [2.24, 2.45) is 23.5 Å². The van der Waals surface area contributed by atoms with Gasteiger partial charge in [0, 0.05) is 0 Å². The second-order valence-electron chi connectivity index (χ2n) is 5.92. The maximum absolute atomic E-state index is 6.34. The van der Waals surface area contributed by atoms with Crippen molar-refractivity contribution in [2.45, 2.75) is 51.0 Å². The van der Waals surface area contributed by atoms with E-state index in [2.05, 4.69) is 0 Å². The summed E-state index contributed by atoms with van der Waals surface area (Å²) in [6.07, 6.45) is 11.5.